The van der Waals surface area contributed by atoms with Crippen LogP contribution in [0.3, 0.4) is 0 Å². The van der Waals surface area contributed by atoms with Crippen LogP contribution in [0.4, 0.5) is 0 Å². The van der Waals surface area contributed by atoms with Crippen LogP contribution in [0, 0.1) is 0 Å². The summed E-state index contributed by atoms with van der Waals surface area (Å²) in [6, 6.07) is 7.76. The smallest absolute Gasteiger partial charge is 0.247 e. The first-order chi connectivity index (χ1) is 13.6. The van der Waals surface area contributed by atoms with E-state index in [2.05, 4.69) is 22.0 Å². The van der Waals surface area contributed by atoms with E-state index < -0.39 is 6.04 Å². The Bertz CT molecular complexity index is 890. The predicted molar refractivity (Wildman–Crippen MR) is 110 cm³/mol. The van der Waals surface area contributed by atoms with E-state index in [0.717, 1.165) is 40.8 Å². The normalized spacial score (nSPS) is 19.6. The fourth-order valence-corrected chi connectivity index (χ4v) is 5.06. The third-order valence-corrected chi connectivity index (χ3v) is 6.58. The Morgan fingerprint density at radius 3 is 2.86 bits per heavy atom. The van der Waals surface area contributed by atoms with Gasteiger partial charge in [0, 0.05) is 49.3 Å². The van der Waals surface area contributed by atoms with Crippen LogP contribution in [0.5, 0.6) is 0 Å². The lowest BCUT2D eigenvalue weighted by Crippen LogP contribution is -2.45. The zero-order valence-corrected chi connectivity index (χ0v) is 17.3. The summed E-state index contributed by atoms with van der Waals surface area (Å²) < 4.78 is 7.48. The van der Waals surface area contributed by atoms with Crippen molar-refractivity contribution in [1.82, 2.24) is 14.8 Å². The van der Waals surface area contributed by atoms with Gasteiger partial charge in [0.25, 0.3) is 0 Å². The molecule has 1 N–H and O–H groups in total. The monoisotopic (exact) mass is 401 g/mol. The van der Waals surface area contributed by atoms with Crippen LogP contribution in [-0.4, -0.2) is 52.8 Å². The molecule has 1 aliphatic carbocycles. The predicted octanol–water partition coefficient (Wildman–Crippen LogP) is 2.86. The molecule has 0 bridgehead atoms. The maximum Gasteiger partial charge on any atom is 0.247 e. The van der Waals surface area contributed by atoms with E-state index >= 15 is 0 Å². The molecule has 1 aromatic carbocycles. The Morgan fingerprint density at radius 2 is 2.11 bits per heavy atom. The number of para-hydroxylation sites is 1. The molecule has 1 unspecified atom stereocenters. The first kappa shape index (κ1) is 19.3. The average Bonchev–Trinajstić information content (AvgIpc) is 3.50. The molecule has 1 atom stereocenters. The highest BCUT2D eigenvalue weighted by Crippen LogP contribution is 2.45. The van der Waals surface area contributed by atoms with Crippen molar-refractivity contribution < 1.29 is 14.3 Å². The van der Waals surface area contributed by atoms with Gasteiger partial charge in [0.15, 0.2) is 0 Å². The highest BCUT2D eigenvalue weighted by atomic mass is 32.2. The van der Waals surface area contributed by atoms with Crippen molar-refractivity contribution in [3.63, 3.8) is 0 Å². The van der Waals surface area contributed by atoms with E-state index in [0.29, 0.717) is 25.5 Å². The van der Waals surface area contributed by atoms with Crippen LogP contribution in [0.1, 0.15) is 37.8 Å². The summed E-state index contributed by atoms with van der Waals surface area (Å²) in [6.45, 7) is 3.82. The van der Waals surface area contributed by atoms with Gasteiger partial charge in [0.05, 0.1) is 10.8 Å². The number of amides is 2. The van der Waals surface area contributed by atoms with Crippen molar-refractivity contribution in [1.29, 1.82) is 0 Å². The maximum atomic E-state index is 13.3. The van der Waals surface area contributed by atoms with Crippen LogP contribution < -0.4 is 5.32 Å². The first-order valence-electron chi connectivity index (χ1n) is 10.00. The van der Waals surface area contributed by atoms with Gasteiger partial charge in [0.2, 0.25) is 11.8 Å². The van der Waals surface area contributed by atoms with Crippen molar-refractivity contribution in [2.45, 2.75) is 43.3 Å². The van der Waals surface area contributed by atoms with E-state index in [9.17, 15) is 9.59 Å². The molecule has 2 aliphatic rings. The zero-order chi connectivity index (χ0) is 19.7. The summed E-state index contributed by atoms with van der Waals surface area (Å²) in [5, 5.41) is 5.13. The molecule has 2 amide bonds. The fraction of sp³-hybridized carbons (Fsp3) is 0.524. The Hall–Kier alpha value is -1.99. The molecule has 1 saturated carbocycles. The zero-order valence-electron chi connectivity index (χ0n) is 16.4. The number of benzene rings is 1. The third-order valence-electron chi connectivity index (χ3n) is 5.42. The Balaban J connectivity index is 1.71. The lowest BCUT2D eigenvalue weighted by atomic mass is 10.0. The van der Waals surface area contributed by atoms with Crippen molar-refractivity contribution in [2.24, 2.45) is 7.05 Å². The molecule has 6 nitrogen and oxygen atoms in total. The summed E-state index contributed by atoms with van der Waals surface area (Å²) in [6.07, 6.45) is 2.72. The van der Waals surface area contributed by atoms with Crippen LogP contribution in [-0.2, 0) is 21.4 Å². The molecule has 1 aromatic heterocycles. The van der Waals surface area contributed by atoms with Gasteiger partial charge in [-0.3, -0.25) is 9.59 Å². The number of aromatic nitrogens is 1. The molecular weight excluding hydrogens is 374 g/mol. The van der Waals surface area contributed by atoms with Gasteiger partial charge in [-0.1, -0.05) is 30.0 Å². The number of carbonyl (C=O) groups excluding carboxylic acids is 2. The molecule has 2 heterocycles. The average molecular weight is 402 g/mol. The number of nitrogens with one attached hydrogen (secondary N) is 1. The molecule has 7 heteroatoms. The highest BCUT2D eigenvalue weighted by molar-refractivity contribution is 8.00. The summed E-state index contributed by atoms with van der Waals surface area (Å²) in [7, 11) is 2.02. The molecule has 28 heavy (non-hydrogen) atoms. The lowest BCUT2D eigenvalue weighted by Gasteiger charge is -2.29. The van der Waals surface area contributed by atoms with Crippen molar-refractivity contribution in [2.75, 3.05) is 25.5 Å². The minimum atomic E-state index is -0.566. The number of aryl methyl sites for hydroxylation is 1. The van der Waals surface area contributed by atoms with Gasteiger partial charge >= 0.3 is 0 Å². The second-order valence-corrected chi connectivity index (χ2v) is 8.32. The maximum absolute atomic E-state index is 13.3. The largest absolute Gasteiger partial charge is 0.382 e. The SMILES string of the molecule is CCOCCCNC(=O)C1c2c(n(C)c3ccccc23)SCC(=O)N1C1CC1. The number of ether oxygens (including phenoxy) is 1. The Morgan fingerprint density at radius 1 is 1.32 bits per heavy atom. The summed E-state index contributed by atoms with van der Waals surface area (Å²) in [5.41, 5.74) is 2.07. The number of hydrogen-bond donors (Lipinski definition) is 1. The van der Waals surface area contributed by atoms with E-state index in [1.807, 2.05) is 31.0 Å². The molecule has 0 saturated heterocycles. The first-order valence-corrected chi connectivity index (χ1v) is 11.0. The van der Waals surface area contributed by atoms with E-state index in [1.54, 1.807) is 11.8 Å². The van der Waals surface area contributed by atoms with Crippen molar-refractivity contribution in [3.05, 3.63) is 29.8 Å². The molecular formula is C21H27N3O3S. The van der Waals surface area contributed by atoms with Crippen molar-refractivity contribution >= 4 is 34.5 Å². The van der Waals surface area contributed by atoms with Gasteiger partial charge in [-0.05, 0) is 32.3 Å². The summed E-state index contributed by atoms with van der Waals surface area (Å²) in [5.74, 6) is 0.348. The minimum Gasteiger partial charge on any atom is -0.382 e. The second-order valence-electron chi connectivity index (χ2n) is 7.36. The van der Waals surface area contributed by atoms with Crippen LogP contribution in [0.15, 0.2) is 29.3 Å². The van der Waals surface area contributed by atoms with Crippen molar-refractivity contribution in [3.8, 4) is 0 Å². The molecule has 1 fully saturated rings. The molecule has 0 radical (unpaired) electrons. The number of fused-ring (bicyclic) bond motifs is 3. The Kier molecular flexibility index (Phi) is 5.64. The van der Waals surface area contributed by atoms with Gasteiger partial charge in [-0.25, -0.2) is 0 Å². The summed E-state index contributed by atoms with van der Waals surface area (Å²) in [4.78, 5) is 28.1. The lowest BCUT2D eigenvalue weighted by molar-refractivity contribution is -0.139. The van der Waals surface area contributed by atoms with E-state index in [1.165, 1.54) is 0 Å². The second kappa shape index (κ2) is 8.17. The third kappa shape index (κ3) is 3.53. The van der Waals surface area contributed by atoms with E-state index in [-0.39, 0.29) is 17.9 Å². The quantitative estimate of drug-likeness (QED) is 0.725. The molecule has 4 rings (SSSR count). The van der Waals surface area contributed by atoms with Gasteiger partial charge in [0.1, 0.15) is 6.04 Å². The van der Waals surface area contributed by atoms with Crippen LogP contribution >= 0.6 is 11.8 Å². The molecule has 2 aromatic rings. The fourth-order valence-electron chi connectivity index (χ4n) is 3.98. The highest BCUT2D eigenvalue weighted by Gasteiger charge is 2.45. The molecule has 1 aliphatic heterocycles. The van der Waals surface area contributed by atoms with Crippen LogP contribution in [0.2, 0.25) is 0 Å². The summed E-state index contributed by atoms with van der Waals surface area (Å²) >= 11 is 1.55. The Labute approximate surface area is 169 Å². The van der Waals surface area contributed by atoms with Gasteiger partial charge in [-0.15, -0.1) is 0 Å². The molecule has 0 spiro atoms. The van der Waals surface area contributed by atoms with Crippen LogP contribution in [0.25, 0.3) is 10.9 Å². The number of carbonyl (C=O) groups is 2. The van der Waals surface area contributed by atoms with Gasteiger partial charge < -0.3 is 19.5 Å². The van der Waals surface area contributed by atoms with E-state index in [4.69, 9.17) is 4.74 Å². The number of nitrogens with zero attached hydrogens (tertiary/aromatic N) is 2. The van der Waals surface area contributed by atoms with Gasteiger partial charge in [-0.2, -0.15) is 0 Å². The topological polar surface area (TPSA) is 63.6 Å². The molecule has 150 valence electrons. The minimum absolute atomic E-state index is 0.0576. The number of thioether (sulfide) groups is 1. The number of rotatable bonds is 7. The standard InChI is InChI=1S/C21H27N3O3S/c1-3-27-12-6-11-22-20(26)19-18-15-7-4-5-8-16(15)23(2)21(18)28-13-17(25)24(19)14-9-10-14/h4-5,7-8,14,19H,3,6,9-13H2,1-2H3,(H,22,26). The number of hydrogen-bond acceptors (Lipinski definition) is 4.